The van der Waals surface area contributed by atoms with Crippen molar-refractivity contribution in [3.8, 4) is 0 Å². The number of fused-ring (bicyclic) bond motifs is 1. The lowest BCUT2D eigenvalue weighted by molar-refractivity contribution is -0.156. The highest BCUT2D eigenvalue weighted by molar-refractivity contribution is 7.89. The average Bonchev–Trinajstić information content (AvgIpc) is 2.53. The van der Waals surface area contributed by atoms with Crippen molar-refractivity contribution in [3.63, 3.8) is 0 Å². The molecule has 0 spiro atoms. The number of nitrogens with one attached hydrogen (secondary N) is 1. The smallest absolute Gasteiger partial charge is 0.373 e. The Bertz CT molecular complexity index is 692. The molecule has 0 unspecified atom stereocenters. The van der Waals surface area contributed by atoms with Crippen molar-refractivity contribution in [2.75, 3.05) is 13.2 Å². The minimum absolute atomic E-state index is 0.0676. The molecule has 1 saturated heterocycles. The van der Waals surface area contributed by atoms with Crippen molar-refractivity contribution < 1.29 is 31.1 Å². The highest BCUT2D eigenvalue weighted by Crippen LogP contribution is 2.34. The molecule has 5 nitrogen and oxygen atoms in total. The predicted octanol–water partition coefficient (Wildman–Crippen LogP) is 2.32. The van der Waals surface area contributed by atoms with Crippen LogP contribution < -0.4 is 4.72 Å². The molecule has 0 bridgehead atoms. The number of benzene rings is 1. The average molecular weight is 365 g/mol. The molecule has 1 aromatic rings. The molecule has 0 amide bonds. The lowest BCUT2D eigenvalue weighted by atomic mass is 9.90. The zero-order chi connectivity index (χ0) is 17.4. The maximum absolute atomic E-state index is 13.0. The summed E-state index contributed by atoms with van der Waals surface area (Å²) in [4.78, 5) is -0.750. The molecule has 1 aliphatic carbocycles. The monoisotopic (exact) mass is 365 g/mol. The largest absolute Gasteiger partial charge is 0.417 e. The van der Waals surface area contributed by atoms with Gasteiger partial charge >= 0.3 is 6.18 Å². The minimum atomic E-state index is -4.73. The molecule has 1 heterocycles. The van der Waals surface area contributed by atoms with Crippen LogP contribution in [0.15, 0.2) is 29.2 Å². The minimum Gasteiger partial charge on any atom is -0.373 e. The van der Waals surface area contributed by atoms with E-state index in [1.165, 1.54) is 12.1 Å². The van der Waals surface area contributed by atoms with Crippen molar-refractivity contribution in [2.24, 2.45) is 0 Å². The summed E-state index contributed by atoms with van der Waals surface area (Å²) in [6.07, 6.45) is -3.53. The van der Waals surface area contributed by atoms with Gasteiger partial charge < -0.3 is 9.47 Å². The Labute approximate surface area is 138 Å². The van der Waals surface area contributed by atoms with Crippen LogP contribution in [0.3, 0.4) is 0 Å². The van der Waals surface area contributed by atoms with Gasteiger partial charge in [0.25, 0.3) is 0 Å². The van der Waals surface area contributed by atoms with Crippen LogP contribution in [0.4, 0.5) is 13.2 Å². The van der Waals surface area contributed by atoms with Crippen molar-refractivity contribution in [2.45, 2.75) is 48.6 Å². The number of sulfonamides is 1. The van der Waals surface area contributed by atoms with Gasteiger partial charge in [0.15, 0.2) is 0 Å². The fourth-order valence-electron chi connectivity index (χ4n) is 3.19. The number of hydrogen-bond acceptors (Lipinski definition) is 4. The van der Waals surface area contributed by atoms with Crippen LogP contribution in [0.2, 0.25) is 0 Å². The molecule has 1 saturated carbocycles. The molecule has 9 heteroatoms. The first-order valence-corrected chi connectivity index (χ1v) is 9.17. The predicted molar refractivity (Wildman–Crippen MR) is 78.9 cm³/mol. The summed E-state index contributed by atoms with van der Waals surface area (Å²) in [5, 5.41) is 0. The van der Waals surface area contributed by atoms with Gasteiger partial charge in [-0.3, -0.25) is 0 Å². The van der Waals surface area contributed by atoms with E-state index >= 15 is 0 Å². The molecule has 1 N–H and O–H groups in total. The van der Waals surface area contributed by atoms with Gasteiger partial charge in [-0.15, -0.1) is 0 Å². The van der Waals surface area contributed by atoms with Crippen molar-refractivity contribution in [1.82, 2.24) is 4.72 Å². The molecule has 1 aliphatic heterocycles. The van der Waals surface area contributed by atoms with Crippen LogP contribution in [-0.2, 0) is 25.7 Å². The number of hydrogen-bond donors (Lipinski definition) is 1. The standard InChI is InChI=1S/C15H18F3NO4S/c16-15(17,18)11-3-1-2-4-14(11)24(20,21)19-10-5-6-12-13(9-10)23-8-7-22-12/h1-4,10,12-13,19H,5-9H2/t10-,12+,13+/m1/s1. The van der Waals surface area contributed by atoms with Crippen LogP contribution in [0.1, 0.15) is 24.8 Å². The van der Waals surface area contributed by atoms with E-state index < -0.39 is 32.7 Å². The van der Waals surface area contributed by atoms with E-state index in [1.54, 1.807) is 0 Å². The summed E-state index contributed by atoms with van der Waals surface area (Å²) in [6, 6.07) is 3.71. The van der Waals surface area contributed by atoms with Crippen LogP contribution in [0, 0.1) is 0 Å². The van der Waals surface area contributed by atoms with Gasteiger partial charge in [-0.05, 0) is 31.4 Å². The molecule has 0 radical (unpaired) electrons. The topological polar surface area (TPSA) is 64.6 Å². The quantitative estimate of drug-likeness (QED) is 0.893. The Hall–Kier alpha value is -1.16. The van der Waals surface area contributed by atoms with Gasteiger partial charge in [0.1, 0.15) is 0 Å². The summed E-state index contributed by atoms with van der Waals surface area (Å²) < 4.78 is 77.6. The first kappa shape index (κ1) is 17.7. The van der Waals surface area contributed by atoms with Crippen molar-refractivity contribution >= 4 is 10.0 Å². The van der Waals surface area contributed by atoms with E-state index in [0.717, 1.165) is 12.1 Å². The maximum atomic E-state index is 13.0. The van der Waals surface area contributed by atoms with Crippen LogP contribution in [0.25, 0.3) is 0 Å². The highest BCUT2D eigenvalue weighted by atomic mass is 32.2. The normalized spacial score (nSPS) is 28.4. The third-order valence-corrected chi connectivity index (χ3v) is 5.86. The van der Waals surface area contributed by atoms with Crippen molar-refractivity contribution in [1.29, 1.82) is 0 Å². The Morgan fingerprint density at radius 3 is 2.42 bits per heavy atom. The van der Waals surface area contributed by atoms with E-state index in [0.29, 0.717) is 32.5 Å². The zero-order valence-corrected chi connectivity index (χ0v) is 13.6. The maximum Gasteiger partial charge on any atom is 0.417 e. The first-order valence-electron chi connectivity index (χ1n) is 7.69. The zero-order valence-electron chi connectivity index (χ0n) is 12.8. The lowest BCUT2D eigenvalue weighted by Crippen LogP contribution is -2.49. The Kier molecular flexibility index (Phi) is 4.87. The fraction of sp³-hybridized carbons (Fsp3) is 0.600. The van der Waals surface area contributed by atoms with Gasteiger partial charge in [0.05, 0.1) is 35.9 Å². The summed E-state index contributed by atoms with van der Waals surface area (Å²) in [5.74, 6) is 0. The Balaban J connectivity index is 1.78. The number of halogens is 3. The van der Waals surface area contributed by atoms with Crippen LogP contribution in [-0.4, -0.2) is 39.9 Å². The number of alkyl halides is 3. The van der Waals surface area contributed by atoms with E-state index in [1.807, 2.05) is 0 Å². The fourth-order valence-corrected chi connectivity index (χ4v) is 4.70. The highest BCUT2D eigenvalue weighted by Gasteiger charge is 2.39. The Morgan fingerprint density at radius 1 is 1.04 bits per heavy atom. The molecule has 2 fully saturated rings. The molecular weight excluding hydrogens is 347 g/mol. The lowest BCUT2D eigenvalue weighted by Gasteiger charge is -2.38. The van der Waals surface area contributed by atoms with E-state index in [2.05, 4.69) is 4.72 Å². The summed E-state index contributed by atoms with van der Waals surface area (Å²) in [5.41, 5.74) is -1.16. The van der Waals surface area contributed by atoms with E-state index in [4.69, 9.17) is 9.47 Å². The Morgan fingerprint density at radius 2 is 1.71 bits per heavy atom. The van der Waals surface area contributed by atoms with Gasteiger partial charge in [-0.1, -0.05) is 12.1 Å². The summed E-state index contributed by atoms with van der Waals surface area (Å²) >= 11 is 0. The first-order chi connectivity index (χ1) is 11.3. The third kappa shape index (κ3) is 3.74. The molecule has 0 aromatic heterocycles. The molecule has 3 rings (SSSR count). The molecule has 1 aromatic carbocycles. The summed E-state index contributed by atoms with van der Waals surface area (Å²) in [7, 11) is -4.28. The van der Waals surface area contributed by atoms with Crippen LogP contribution >= 0.6 is 0 Å². The van der Waals surface area contributed by atoms with E-state index in [-0.39, 0.29) is 12.2 Å². The van der Waals surface area contributed by atoms with Gasteiger partial charge in [0.2, 0.25) is 10.0 Å². The molecule has 2 aliphatic rings. The van der Waals surface area contributed by atoms with Gasteiger partial charge in [-0.25, -0.2) is 13.1 Å². The molecular formula is C15H18F3NO4S. The van der Waals surface area contributed by atoms with Gasteiger partial charge in [0, 0.05) is 6.04 Å². The molecule has 134 valence electrons. The van der Waals surface area contributed by atoms with E-state index in [9.17, 15) is 21.6 Å². The SMILES string of the molecule is O=S(=O)(N[C@@H]1CC[C@@H]2OCCO[C@H]2C1)c1ccccc1C(F)(F)F. The number of ether oxygens (including phenoxy) is 2. The summed E-state index contributed by atoms with van der Waals surface area (Å²) in [6.45, 7) is 0.952. The van der Waals surface area contributed by atoms with Crippen molar-refractivity contribution in [3.05, 3.63) is 29.8 Å². The second-order valence-corrected chi connectivity index (χ2v) is 7.63. The second kappa shape index (κ2) is 6.62. The molecule has 24 heavy (non-hydrogen) atoms. The van der Waals surface area contributed by atoms with Gasteiger partial charge in [-0.2, -0.15) is 13.2 Å². The third-order valence-electron chi connectivity index (χ3n) is 4.28. The molecule has 3 atom stereocenters. The number of rotatable bonds is 3. The second-order valence-electron chi connectivity index (χ2n) is 5.94. The van der Waals surface area contributed by atoms with Crippen LogP contribution in [0.5, 0.6) is 0 Å².